The minimum absolute atomic E-state index is 0.0235. The molecule has 0 unspecified atom stereocenters. The highest BCUT2D eigenvalue weighted by atomic mass is 19.1. The predicted molar refractivity (Wildman–Crippen MR) is 94.4 cm³/mol. The van der Waals surface area contributed by atoms with Crippen LogP contribution in [0.15, 0.2) is 36.8 Å². The number of aryl methyl sites for hydroxylation is 1. The zero-order valence-electron chi connectivity index (χ0n) is 15.0. The van der Waals surface area contributed by atoms with Crippen molar-refractivity contribution >= 4 is 5.91 Å². The van der Waals surface area contributed by atoms with E-state index >= 15 is 0 Å². The maximum Gasteiger partial charge on any atom is 0.264 e. The fourth-order valence-corrected chi connectivity index (χ4v) is 3.70. The largest absolute Gasteiger partial charge is 0.474 e. The van der Waals surface area contributed by atoms with Crippen molar-refractivity contribution in [1.82, 2.24) is 19.8 Å². The molecule has 1 saturated carbocycles. The van der Waals surface area contributed by atoms with Crippen LogP contribution in [0.2, 0.25) is 0 Å². The highest BCUT2D eigenvalue weighted by molar-refractivity contribution is 5.89. The second-order valence-electron chi connectivity index (χ2n) is 7.36. The van der Waals surface area contributed by atoms with E-state index in [0.717, 1.165) is 18.8 Å². The van der Waals surface area contributed by atoms with Crippen molar-refractivity contribution in [3.8, 4) is 5.75 Å². The Balaban J connectivity index is 1.48. The summed E-state index contributed by atoms with van der Waals surface area (Å²) < 4.78 is 21.7. The Morgan fingerprint density at radius 1 is 1.31 bits per heavy atom. The molecule has 0 spiro atoms. The van der Waals surface area contributed by atoms with Crippen LogP contribution in [0, 0.1) is 5.82 Å². The summed E-state index contributed by atoms with van der Waals surface area (Å²) in [7, 11) is 4.00. The smallest absolute Gasteiger partial charge is 0.264 e. The van der Waals surface area contributed by atoms with Crippen molar-refractivity contribution in [1.29, 1.82) is 0 Å². The van der Waals surface area contributed by atoms with Crippen LogP contribution in [0.3, 0.4) is 0 Å². The zero-order chi connectivity index (χ0) is 18.3. The lowest BCUT2D eigenvalue weighted by Crippen LogP contribution is -2.48. The molecule has 26 heavy (non-hydrogen) atoms. The van der Waals surface area contributed by atoms with Crippen molar-refractivity contribution in [2.75, 3.05) is 20.1 Å². The molecule has 0 bridgehead atoms. The number of ether oxygens (including phenoxy) is 1. The molecule has 1 amide bonds. The number of carbonyl (C=O) groups excluding carboxylic acids is 1. The van der Waals surface area contributed by atoms with Crippen molar-refractivity contribution in [3.05, 3.63) is 48.3 Å². The van der Waals surface area contributed by atoms with Gasteiger partial charge in [0.25, 0.3) is 5.91 Å². The molecule has 1 aliphatic carbocycles. The first-order valence-corrected chi connectivity index (χ1v) is 8.88. The molecule has 0 radical (unpaired) electrons. The Bertz CT molecular complexity index is 817. The van der Waals surface area contributed by atoms with E-state index < -0.39 is 11.4 Å². The van der Waals surface area contributed by atoms with E-state index in [1.54, 1.807) is 24.5 Å². The van der Waals surface area contributed by atoms with E-state index in [1.807, 2.05) is 24.9 Å². The van der Waals surface area contributed by atoms with Crippen LogP contribution >= 0.6 is 0 Å². The fourth-order valence-electron chi connectivity index (χ4n) is 3.70. The minimum atomic E-state index is -0.944. The maximum atomic E-state index is 13.9. The third kappa shape index (κ3) is 3.07. The molecule has 6 nitrogen and oxygen atoms in total. The highest BCUT2D eigenvalue weighted by Crippen LogP contribution is 2.41. The summed E-state index contributed by atoms with van der Waals surface area (Å²) in [4.78, 5) is 19.3. The summed E-state index contributed by atoms with van der Waals surface area (Å²) in [5.41, 5.74) is 0.153. The van der Waals surface area contributed by atoms with Crippen molar-refractivity contribution in [2.24, 2.45) is 7.05 Å². The van der Waals surface area contributed by atoms with Gasteiger partial charge in [0.1, 0.15) is 0 Å². The average Bonchev–Trinajstić information content (AvgIpc) is 3.13. The number of hydrogen-bond donors (Lipinski definition) is 1. The van der Waals surface area contributed by atoms with E-state index in [1.165, 1.54) is 6.07 Å². The van der Waals surface area contributed by atoms with Gasteiger partial charge >= 0.3 is 0 Å². The summed E-state index contributed by atoms with van der Waals surface area (Å²) in [5, 5.41) is 3.15. The normalized spacial score (nSPS) is 24.4. The minimum Gasteiger partial charge on any atom is -0.474 e. The molecule has 7 heteroatoms. The fraction of sp³-hybridized carbons (Fsp3) is 0.474. The van der Waals surface area contributed by atoms with Crippen LogP contribution in [0.4, 0.5) is 4.39 Å². The number of nitrogens with one attached hydrogen (secondary N) is 1. The van der Waals surface area contributed by atoms with E-state index in [-0.39, 0.29) is 23.6 Å². The van der Waals surface area contributed by atoms with Crippen LogP contribution in [-0.4, -0.2) is 52.1 Å². The lowest BCUT2D eigenvalue weighted by atomic mass is 9.99. The molecule has 2 atom stereocenters. The highest BCUT2D eigenvalue weighted by Gasteiger charge is 2.54. The molecular formula is C19H23FN4O2. The maximum absolute atomic E-state index is 13.9. The molecule has 2 aromatic rings. The molecule has 138 valence electrons. The van der Waals surface area contributed by atoms with Crippen molar-refractivity contribution in [2.45, 2.75) is 30.4 Å². The number of imidazole rings is 1. The number of benzene rings is 1. The number of amides is 1. The molecular weight excluding hydrogens is 335 g/mol. The first-order valence-electron chi connectivity index (χ1n) is 8.88. The quantitative estimate of drug-likeness (QED) is 0.884. The van der Waals surface area contributed by atoms with Gasteiger partial charge in [0.2, 0.25) is 0 Å². The van der Waals surface area contributed by atoms with Gasteiger partial charge in [-0.15, -0.1) is 0 Å². The number of likely N-dealkylation sites (N-methyl/N-ethyl adjacent to an activating group) is 1. The lowest BCUT2D eigenvalue weighted by Gasteiger charge is -2.24. The average molecular weight is 358 g/mol. The first-order chi connectivity index (χ1) is 12.5. The number of likely N-dealkylation sites (tertiary alicyclic amines) is 1. The van der Waals surface area contributed by atoms with Gasteiger partial charge in [-0.2, -0.15) is 0 Å². The molecule has 1 aliphatic heterocycles. The Labute approximate surface area is 152 Å². The van der Waals surface area contributed by atoms with Gasteiger partial charge in [-0.3, -0.25) is 4.79 Å². The number of para-hydroxylation sites is 1. The number of carbonyl (C=O) groups is 1. The van der Waals surface area contributed by atoms with Crippen molar-refractivity contribution in [3.63, 3.8) is 0 Å². The molecule has 2 fully saturated rings. The molecule has 1 aromatic carbocycles. The number of rotatable bonds is 5. The Hall–Kier alpha value is -2.41. The first kappa shape index (κ1) is 17.0. The van der Waals surface area contributed by atoms with Crippen LogP contribution in [0.1, 0.15) is 24.5 Å². The molecule has 1 N–H and O–H groups in total. The van der Waals surface area contributed by atoms with E-state index in [9.17, 15) is 9.18 Å². The Morgan fingerprint density at radius 3 is 2.73 bits per heavy atom. The SMILES string of the molecule is CN1C[C@@H](NC(=O)C2(Oc3ccccc3F)CC2)[C@H](c2cncn2C)C1. The topological polar surface area (TPSA) is 59.4 Å². The molecule has 2 aliphatic rings. The number of nitrogens with zero attached hydrogens (tertiary/aromatic N) is 3. The van der Waals surface area contributed by atoms with Gasteiger partial charge < -0.3 is 19.5 Å². The molecule has 1 saturated heterocycles. The Kier molecular flexibility index (Phi) is 4.19. The van der Waals surface area contributed by atoms with Crippen LogP contribution in [0.5, 0.6) is 5.75 Å². The van der Waals surface area contributed by atoms with E-state index in [4.69, 9.17) is 4.74 Å². The Morgan fingerprint density at radius 2 is 2.08 bits per heavy atom. The molecule has 1 aromatic heterocycles. The van der Waals surface area contributed by atoms with Crippen LogP contribution in [0.25, 0.3) is 0 Å². The second-order valence-corrected chi connectivity index (χ2v) is 7.36. The van der Waals surface area contributed by atoms with Gasteiger partial charge in [0, 0.05) is 50.8 Å². The van der Waals surface area contributed by atoms with Gasteiger partial charge in [-0.05, 0) is 19.2 Å². The van der Waals surface area contributed by atoms with Gasteiger partial charge in [0.15, 0.2) is 17.2 Å². The summed E-state index contributed by atoms with van der Waals surface area (Å²) in [5.74, 6) is -0.305. The van der Waals surface area contributed by atoms with Crippen LogP contribution in [-0.2, 0) is 11.8 Å². The summed E-state index contributed by atoms with van der Waals surface area (Å²) in [6.45, 7) is 1.61. The van der Waals surface area contributed by atoms with Crippen LogP contribution < -0.4 is 10.1 Å². The summed E-state index contributed by atoms with van der Waals surface area (Å²) in [6, 6.07) is 6.19. The molecule has 4 rings (SSSR count). The van der Waals surface area contributed by atoms with Gasteiger partial charge in [-0.25, -0.2) is 9.37 Å². The van der Waals surface area contributed by atoms with Gasteiger partial charge in [-0.1, -0.05) is 12.1 Å². The number of hydrogen-bond acceptors (Lipinski definition) is 4. The summed E-state index contributed by atoms with van der Waals surface area (Å²) in [6.07, 6.45) is 4.83. The summed E-state index contributed by atoms with van der Waals surface area (Å²) >= 11 is 0. The monoisotopic (exact) mass is 358 g/mol. The van der Waals surface area contributed by atoms with E-state index in [2.05, 4.69) is 15.2 Å². The third-order valence-corrected chi connectivity index (χ3v) is 5.31. The molecule has 2 heterocycles. The van der Waals surface area contributed by atoms with Crippen molar-refractivity contribution < 1.29 is 13.9 Å². The number of halogens is 1. The zero-order valence-corrected chi connectivity index (χ0v) is 15.0. The lowest BCUT2D eigenvalue weighted by molar-refractivity contribution is -0.130. The van der Waals surface area contributed by atoms with Gasteiger partial charge in [0.05, 0.1) is 12.4 Å². The van der Waals surface area contributed by atoms with E-state index in [0.29, 0.717) is 12.8 Å². The number of aromatic nitrogens is 2. The standard InChI is InChI=1S/C19H23FN4O2/c1-23-10-13(16-9-21-12-24(16)2)15(11-23)22-18(25)19(7-8-19)26-17-6-4-3-5-14(17)20/h3-6,9,12-13,15H,7-8,10-11H2,1-2H3,(H,22,25)/t13-,15-/m1/s1. The second kappa shape index (κ2) is 6.39. The predicted octanol–water partition coefficient (Wildman–Crippen LogP) is 1.68. The third-order valence-electron chi connectivity index (χ3n) is 5.31.